The molecule has 8 heteroatoms. The van der Waals surface area contributed by atoms with E-state index in [4.69, 9.17) is 9.47 Å². The zero-order chi connectivity index (χ0) is 20.4. The summed E-state index contributed by atoms with van der Waals surface area (Å²) in [5.74, 6) is -1.70. The van der Waals surface area contributed by atoms with Crippen molar-refractivity contribution in [1.29, 1.82) is 0 Å². The molecule has 0 radical (unpaired) electrons. The van der Waals surface area contributed by atoms with Gasteiger partial charge >= 0.3 is 5.97 Å². The average molecular weight is 400 g/mol. The van der Waals surface area contributed by atoms with Crippen molar-refractivity contribution in [1.82, 2.24) is 10.2 Å². The quantitative estimate of drug-likeness (QED) is 0.599. The molecule has 4 rings (SSSR count). The molecule has 3 aliphatic rings. The summed E-state index contributed by atoms with van der Waals surface area (Å²) in [7, 11) is 0. The molecule has 1 atom stereocenters. The molecule has 1 aliphatic carbocycles. The van der Waals surface area contributed by atoms with Crippen molar-refractivity contribution in [3.63, 3.8) is 0 Å². The van der Waals surface area contributed by atoms with Crippen LogP contribution in [0, 0.1) is 5.92 Å². The molecule has 1 aromatic rings. The first-order chi connectivity index (χ1) is 14.0. The lowest BCUT2D eigenvalue weighted by Gasteiger charge is -2.47. The molecule has 1 spiro atoms. The summed E-state index contributed by atoms with van der Waals surface area (Å²) in [4.78, 5) is 51.0. The Kier molecular flexibility index (Phi) is 5.25. The molecule has 3 amide bonds. The molecule has 154 valence electrons. The fraction of sp³-hybridized carbons (Fsp3) is 0.524. The summed E-state index contributed by atoms with van der Waals surface area (Å²) in [6.45, 7) is -0.486. The van der Waals surface area contributed by atoms with E-state index < -0.39 is 41.8 Å². The Morgan fingerprint density at radius 3 is 2.72 bits per heavy atom. The zero-order valence-electron chi connectivity index (χ0n) is 16.1. The molecule has 0 unspecified atom stereocenters. The lowest BCUT2D eigenvalue weighted by Crippen LogP contribution is -2.69. The minimum absolute atomic E-state index is 0.192. The van der Waals surface area contributed by atoms with Crippen LogP contribution in [-0.2, 0) is 30.3 Å². The molecule has 1 aromatic carbocycles. The monoisotopic (exact) mass is 400 g/mol. The van der Waals surface area contributed by atoms with E-state index in [9.17, 15) is 19.2 Å². The number of carbonyl (C=O) groups excluding carboxylic acids is 4. The van der Waals surface area contributed by atoms with E-state index in [0.717, 1.165) is 30.6 Å². The van der Waals surface area contributed by atoms with Crippen molar-refractivity contribution < 1.29 is 28.7 Å². The third-order valence-electron chi connectivity index (χ3n) is 6.03. The highest BCUT2D eigenvalue weighted by Crippen LogP contribution is 2.35. The predicted molar refractivity (Wildman–Crippen MR) is 101 cm³/mol. The van der Waals surface area contributed by atoms with Crippen molar-refractivity contribution in [3.8, 4) is 5.75 Å². The number of imide groups is 1. The molecule has 0 bridgehead atoms. The van der Waals surface area contributed by atoms with Crippen LogP contribution < -0.4 is 10.1 Å². The van der Waals surface area contributed by atoms with Crippen molar-refractivity contribution >= 4 is 23.7 Å². The van der Waals surface area contributed by atoms with E-state index in [2.05, 4.69) is 5.32 Å². The number of ether oxygens (including phenoxy) is 2. The number of hydrogen-bond donors (Lipinski definition) is 1. The lowest BCUT2D eigenvalue weighted by molar-refractivity contribution is -0.166. The van der Waals surface area contributed by atoms with Crippen LogP contribution in [0.3, 0.4) is 0 Å². The number of esters is 1. The minimum Gasteiger partial charge on any atom is -0.492 e. The molecule has 2 fully saturated rings. The molecule has 1 N–H and O–H groups in total. The number of amides is 3. The molecular formula is C21H24N2O6. The Morgan fingerprint density at radius 1 is 1.17 bits per heavy atom. The third kappa shape index (κ3) is 3.71. The second-order valence-electron chi connectivity index (χ2n) is 7.88. The van der Waals surface area contributed by atoms with Crippen molar-refractivity contribution in [2.75, 3.05) is 19.8 Å². The number of carbonyl (C=O) groups is 4. The van der Waals surface area contributed by atoms with Gasteiger partial charge in [-0.2, -0.15) is 0 Å². The van der Waals surface area contributed by atoms with Gasteiger partial charge in [-0.1, -0.05) is 37.5 Å². The highest BCUT2D eigenvalue weighted by atomic mass is 16.5. The largest absolute Gasteiger partial charge is 0.492 e. The fourth-order valence-corrected chi connectivity index (χ4v) is 4.47. The molecule has 1 saturated carbocycles. The Balaban J connectivity index is 1.40. The van der Waals surface area contributed by atoms with Gasteiger partial charge in [0.05, 0.1) is 5.92 Å². The normalized spacial score (nSPS) is 23.0. The molecule has 29 heavy (non-hydrogen) atoms. The first-order valence-electron chi connectivity index (χ1n) is 10.0. The lowest BCUT2D eigenvalue weighted by atomic mass is 9.78. The van der Waals surface area contributed by atoms with E-state index in [-0.39, 0.29) is 13.2 Å². The van der Waals surface area contributed by atoms with Gasteiger partial charge in [-0.05, 0) is 30.9 Å². The Labute approximate surface area is 168 Å². The van der Waals surface area contributed by atoms with Crippen LogP contribution in [0.4, 0.5) is 0 Å². The topological polar surface area (TPSA) is 102 Å². The van der Waals surface area contributed by atoms with E-state index in [0.29, 0.717) is 19.3 Å². The summed E-state index contributed by atoms with van der Waals surface area (Å²) >= 11 is 0. The van der Waals surface area contributed by atoms with Gasteiger partial charge in [-0.15, -0.1) is 0 Å². The number of nitrogens with one attached hydrogen (secondary N) is 1. The van der Waals surface area contributed by atoms with Gasteiger partial charge in [0.15, 0.2) is 6.61 Å². The molecule has 0 aromatic heterocycles. The van der Waals surface area contributed by atoms with Crippen molar-refractivity contribution in [2.45, 2.75) is 44.1 Å². The van der Waals surface area contributed by atoms with Gasteiger partial charge in [0.25, 0.3) is 11.8 Å². The van der Waals surface area contributed by atoms with Crippen LogP contribution in [-0.4, -0.2) is 53.9 Å². The number of piperazine rings is 1. The maximum Gasteiger partial charge on any atom is 0.313 e. The van der Waals surface area contributed by atoms with E-state index in [1.165, 1.54) is 4.90 Å². The fourth-order valence-electron chi connectivity index (χ4n) is 4.47. The number of rotatable bonds is 3. The molecule has 1 saturated heterocycles. The number of nitrogens with zero attached hydrogens (tertiary/aromatic N) is 1. The van der Waals surface area contributed by atoms with Gasteiger partial charge in [0.2, 0.25) is 5.91 Å². The van der Waals surface area contributed by atoms with E-state index >= 15 is 0 Å². The molecule has 2 heterocycles. The number of fused-ring (bicyclic) bond motifs is 1. The summed E-state index contributed by atoms with van der Waals surface area (Å²) in [5, 5.41) is 2.35. The van der Waals surface area contributed by atoms with Crippen LogP contribution in [0.5, 0.6) is 5.75 Å². The molecule has 8 nitrogen and oxygen atoms in total. The summed E-state index contributed by atoms with van der Waals surface area (Å²) in [6, 6.07) is 7.49. The average Bonchev–Trinajstić information content (AvgIpc) is 2.75. The van der Waals surface area contributed by atoms with Gasteiger partial charge in [-0.3, -0.25) is 24.5 Å². The summed E-state index contributed by atoms with van der Waals surface area (Å²) in [6.07, 6.45) is 4.12. The van der Waals surface area contributed by atoms with Crippen molar-refractivity contribution in [2.24, 2.45) is 5.92 Å². The highest BCUT2D eigenvalue weighted by Gasteiger charge is 2.51. The van der Waals surface area contributed by atoms with Crippen molar-refractivity contribution in [3.05, 3.63) is 29.8 Å². The van der Waals surface area contributed by atoms with Crippen LogP contribution >= 0.6 is 0 Å². The third-order valence-corrected chi connectivity index (χ3v) is 6.03. The van der Waals surface area contributed by atoms with Crippen LogP contribution in [0.1, 0.15) is 37.7 Å². The number of benzene rings is 1. The van der Waals surface area contributed by atoms with Gasteiger partial charge in [0, 0.05) is 0 Å². The van der Waals surface area contributed by atoms with Crippen LogP contribution in [0.25, 0.3) is 0 Å². The highest BCUT2D eigenvalue weighted by molar-refractivity contribution is 6.06. The van der Waals surface area contributed by atoms with Gasteiger partial charge < -0.3 is 14.4 Å². The Bertz CT molecular complexity index is 845. The van der Waals surface area contributed by atoms with Crippen LogP contribution in [0.2, 0.25) is 0 Å². The Hall–Kier alpha value is -2.90. The van der Waals surface area contributed by atoms with Gasteiger partial charge in [-0.25, -0.2) is 0 Å². The van der Waals surface area contributed by atoms with Crippen LogP contribution in [0.15, 0.2) is 24.3 Å². The van der Waals surface area contributed by atoms with E-state index in [1.807, 2.05) is 24.3 Å². The first-order valence-corrected chi connectivity index (χ1v) is 10.0. The Morgan fingerprint density at radius 2 is 1.93 bits per heavy atom. The molecule has 2 aliphatic heterocycles. The predicted octanol–water partition coefficient (Wildman–Crippen LogP) is 0.969. The SMILES string of the molecule is O=C1CN(C(=O)COC(=O)[C@H]2COc3ccccc3C2)C2(CCCCC2)C(=O)N1. The standard InChI is InChI=1S/C21H24N2O6/c24-17-11-23(21(20(27)22-17)8-4-1-5-9-21)18(25)13-29-19(26)15-10-14-6-2-3-7-16(14)28-12-15/h2-3,6-7,15H,1,4-5,8-13H2,(H,22,24,27)/t15-/m1/s1. The summed E-state index contributed by atoms with van der Waals surface area (Å²) < 4.78 is 10.9. The molecular weight excluding hydrogens is 376 g/mol. The maximum atomic E-state index is 12.8. The second kappa shape index (κ2) is 7.85. The second-order valence-corrected chi connectivity index (χ2v) is 7.88. The minimum atomic E-state index is -1.01. The number of para-hydroxylation sites is 1. The number of hydrogen-bond acceptors (Lipinski definition) is 6. The van der Waals surface area contributed by atoms with Gasteiger partial charge in [0.1, 0.15) is 24.4 Å². The summed E-state index contributed by atoms with van der Waals surface area (Å²) in [5.41, 5.74) is -0.0887. The maximum absolute atomic E-state index is 12.8. The smallest absolute Gasteiger partial charge is 0.313 e. The zero-order valence-corrected chi connectivity index (χ0v) is 16.1. The first kappa shape index (κ1) is 19.4. The van der Waals surface area contributed by atoms with E-state index in [1.54, 1.807) is 0 Å².